The predicted molar refractivity (Wildman–Crippen MR) is 74.9 cm³/mol. The van der Waals surface area contributed by atoms with Crippen LogP contribution in [0.4, 0.5) is 11.4 Å². The van der Waals surface area contributed by atoms with Gasteiger partial charge < -0.3 is 14.5 Å². The number of anilines is 1. The van der Waals surface area contributed by atoms with E-state index in [1.807, 2.05) is 19.9 Å². The number of nitro groups is 1. The number of furan rings is 1. The van der Waals surface area contributed by atoms with Crippen LogP contribution in [0.5, 0.6) is 5.75 Å². The first-order valence-corrected chi connectivity index (χ1v) is 6.27. The summed E-state index contributed by atoms with van der Waals surface area (Å²) in [5.41, 5.74) is 0.699. The summed E-state index contributed by atoms with van der Waals surface area (Å²) in [6, 6.07) is 8.36. The molecule has 0 fully saturated rings. The first-order valence-electron chi connectivity index (χ1n) is 6.27. The molecule has 0 saturated heterocycles. The number of ether oxygens (including phenoxy) is 1. The molecular formula is C14H16N2O4. The normalized spacial score (nSPS) is 10.6. The van der Waals surface area contributed by atoms with E-state index in [-0.39, 0.29) is 17.5 Å². The highest BCUT2D eigenvalue weighted by atomic mass is 16.6. The van der Waals surface area contributed by atoms with Crippen molar-refractivity contribution in [2.45, 2.75) is 26.5 Å². The summed E-state index contributed by atoms with van der Waals surface area (Å²) in [5.74, 6) is 1.05. The van der Waals surface area contributed by atoms with Crippen molar-refractivity contribution in [3.63, 3.8) is 0 Å². The van der Waals surface area contributed by atoms with Crippen molar-refractivity contribution in [3.05, 3.63) is 52.5 Å². The maximum absolute atomic E-state index is 10.9. The van der Waals surface area contributed by atoms with Gasteiger partial charge in [0.2, 0.25) is 0 Å². The van der Waals surface area contributed by atoms with Gasteiger partial charge in [-0.2, -0.15) is 0 Å². The topological polar surface area (TPSA) is 77.5 Å². The molecule has 1 heterocycles. The quantitative estimate of drug-likeness (QED) is 0.644. The van der Waals surface area contributed by atoms with Gasteiger partial charge >= 0.3 is 5.69 Å². The Labute approximate surface area is 116 Å². The summed E-state index contributed by atoms with van der Waals surface area (Å²) in [6.45, 7) is 4.16. The number of benzene rings is 1. The molecule has 2 aromatic rings. The Morgan fingerprint density at radius 2 is 2.20 bits per heavy atom. The molecule has 20 heavy (non-hydrogen) atoms. The van der Waals surface area contributed by atoms with Gasteiger partial charge in [0.1, 0.15) is 5.76 Å². The Hall–Kier alpha value is -2.50. The molecule has 0 amide bonds. The van der Waals surface area contributed by atoms with Crippen LogP contribution in [0, 0.1) is 10.1 Å². The van der Waals surface area contributed by atoms with E-state index in [1.54, 1.807) is 24.5 Å². The first-order chi connectivity index (χ1) is 9.56. The minimum atomic E-state index is -0.450. The lowest BCUT2D eigenvalue weighted by atomic mass is 10.2. The largest absolute Gasteiger partial charge is 0.484 e. The van der Waals surface area contributed by atoms with Crippen LogP contribution in [0.1, 0.15) is 19.6 Å². The van der Waals surface area contributed by atoms with E-state index >= 15 is 0 Å². The number of nitrogens with zero attached hydrogens (tertiary/aromatic N) is 1. The van der Waals surface area contributed by atoms with Gasteiger partial charge in [-0.3, -0.25) is 10.1 Å². The molecule has 6 heteroatoms. The fourth-order valence-electron chi connectivity index (χ4n) is 1.73. The van der Waals surface area contributed by atoms with Gasteiger partial charge in [0.05, 0.1) is 23.8 Å². The smallest absolute Gasteiger partial charge is 0.311 e. The van der Waals surface area contributed by atoms with Gasteiger partial charge in [0.25, 0.3) is 0 Å². The van der Waals surface area contributed by atoms with Crippen molar-refractivity contribution in [1.82, 2.24) is 0 Å². The van der Waals surface area contributed by atoms with Gasteiger partial charge in [-0.15, -0.1) is 0 Å². The van der Waals surface area contributed by atoms with Gasteiger partial charge in [0, 0.05) is 17.8 Å². The molecule has 1 N–H and O–H groups in total. The van der Waals surface area contributed by atoms with Crippen molar-refractivity contribution in [3.8, 4) is 5.75 Å². The SMILES string of the molecule is CC(C)Oc1cc(NCc2ccco2)ccc1[N+](=O)[O-]. The van der Waals surface area contributed by atoms with Gasteiger partial charge in [-0.1, -0.05) is 0 Å². The third-order valence-electron chi connectivity index (χ3n) is 2.57. The number of rotatable bonds is 6. The molecule has 0 aliphatic heterocycles. The summed E-state index contributed by atoms with van der Waals surface area (Å²) in [5, 5.41) is 14.1. The third kappa shape index (κ3) is 3.50. The molecule has 0 spiro atoms. The van der Waals surface area contributed by atoms with E-state index < -0.39 is 4.92 Å². The second kappa shape index (κ2) is 6.10. The molecule has 0 atom stereocenters. The van der Waals surface area contributed by atoms with E-state index in [1.165, 1.54) is 6.07 Å². The molecular weight excluding hydrogens is 260 g/mol. The lowest BCUT2D eigenvalue weighted by Gasteiger charge is -2.12. The van der Waals surface area contributed by atoms with Crippen molar-refractivity contribution < 1.29 is 14.1 Å². The maximum Gasteiger partial charge on any atom is 0.311 e. The van der Waals surface area contributed by atoms with Crippen LogP contribution in [0.2, 0.25) is 0 Å². The monoisotopic (exact) mass is 276 g/mol. The van der Waals surface area contributed by atoms with Crippen LogP contribution in [-0.4, -0.2) is 11.0 Å². The van der Waals surface area contributed by atoms with E-state index in [9.17, 15) is 10.1 Å². The molecule has 0 aliphatic rings. The van der Waals surface area contributed by atoms with Crippen LogP contribution in [0.25, 0.3) is 0 Å². The van der Waals surface area contributed by atoms with Crippen LogP contribution in [0.3, 0.4) is 0 Å². The molecule has 2 rings (SSSR count). The molecule has 0 saturated carbocycles. The Bertz CT molecular complexity index is 579. The molecule has 106 valence electrons. The van der Waals surface area contributed by atoms with Crippen molar-refractivity contribution in [2.24, 2.45) is 0 Å². The molecule has 0 bridgehead atoms. The molecule has 0 aliphatic carbocycles. The number of nitro benzene ring substituents is 1. The number of nitrogens with one attached hydrogen (secondary N) is 1. The molecule has 1 aromatic carbocycles. The number of hydrogen-bond donors (Lipinski definition) is 1. The zero-order chi connectivity index (χ0) is 14.5. The fourth-order valence-corrected chi connectivity index (χ4v) is 1.73. The molecule has 0 radical (unpaired) electrons. The number of hydrogen-bond acceptors (Lipinski definition) is 5. The van der Waals surface area contributed by atoms with Crippen LogP contribution < -0.4 is 10.1 Å². The average Bonchev–Trinajstić information content (AvgIpc) is 2.88. The summed E-state index contributed by atoms with van der Waals surface area (Å²) < 4.78 is 10.7. The van der Waals surface area contributed by atoms with Gasteiger partial charge in [-0.05, 0) is 32.0 Å². The van der Waals surface area contributed by atoms with Crippen LogP contribution in [0.15, 0.2) is 41.0 Å². The third-order valence-corrected chi connectivity index (χ3v) is 2.57. The zero-order valence-electron chi connectivity index (χ0n) is 11.3. The summed E-state index contributed by atoms with van der Waals surface area (Å²) in [7, 11) is 0. The van der Waals surface area contributed by atoms with E-state index in [4.69, 9.17) is 9.15 Å². The van der Waals surface area contributed by atoms with Crippen LogP contribution in [-0.2, 0) is 6.54 Å². The highest BCUT2D eigenvalue weighted by Gasteiger charge is 2.16. The van der Waals surface area contributed by atoms with E-state index in [2.05, 4.69) is 5.32 Å². The lowest BCUT2D eigenvalue weighted by molar-refractivity contribution is -0.386. The van der Waals surface area contributed by atoms with Crippen molar-refractivity contribution in [1.29, 1.82) is 0 Å². The van der Waals surface area contributed by atoms with E-state index in [0.717, 1.165) is 11.4 Å². The Balaban J connectivity index is 2.15. The Morgan fingerprint density at radius 3 is 2.80 bits per heavy atom. The second-order valence-electron chi connectivity index (χ2n) is 4.54. The maximum atomic E-state index is 10.9. The Morgan fingerprint density at radius 1 is 1.40 bits per heavy atom. The van der Waals surface area contributed by atoms with Gasteiger partial charge in [0.15, 0.2) is 5.75 Å². The summed E-state index contributed by atoms with van der Waals surface area (Å²) in [6.07, 6.45) is 1.47. The average molecular weight is 276 g/mol. The lowest BCUT2D eigenvalue weighted by Crippen LogP contribution is -2.08. The van der Waals surface area contributed by atoms with Gasteiger partial charge in [-0.25, -0.2) is 0 Å². The molecule has 6 nitrogen and oxygen atoms in total. The van der Waals surface area contributed by atoms with Crippen molar-refractivity contribution >= 4 is 11.4 Å². The first kappa shape index (κ1) is 13.9. The standard InChI is InChI=1S/C14H16N2O4/c1-10(2)20-14-8-11(5-6-13(14)16(17)18)15-9-12-4-3-7-19-12/h3-8,10,15H,9H2,1-2H3. The summed E-state index contributed by atoms with van der Waals surface area (Å²) >= 11 is 0. The Kier molecular flexibility index (Phi) is 4.24. The summed E-state index contributed by atoms with van der Waals surface area (Å²) in [4.78, 5) is 10.5. The predicted octanol–water partition coefficient (Wildman–Crippen LogP) is 3.59. The minimum absolute atomic E-state index is 0.0396. The highest BCUT2D eigenvalue weighted by molar-refractivity contribution is 5.58. The highest BCUT2D eigenvalue weighted by Crippen LogP contribution is 2.31. The minimum Gasteiger partial charge on any atom is -0.484 e. The molecule has 1 aromatic heterocycles. The second-order valence-corrected chi connectivity index (χ2v) is 4.54. The van der Waals surface area contributed by atoms with Crippen LogP contribution >= 0.6 is 0 Å². The van der Waals surface area contributed by atoms with E-state index in [0.29, 0.717) is 6.54 Å². The molecule has 0 unspecified atom stereocenters. The van der Waals surface area contributed by atoms with Crippen molar-refractivity contribution in [2.75, 3.05) is 5.32 Å². The fraction of sp³-hybridized carbons (Fsp3) is 0.286. The zero-order valence-corrected chi connectivity index (χ0v) is 11.3.